The first-order valence-electron chi connectivity index (χ1n) is 18.0. The predicted octanol–water partition coefficient (Wildman–Crippen LogP) is 4.67. The number of H-pyrrole nitrogens is 1. The molecule has 1 aliphatic heterocycles. The molecule has 0 radical (unpaired) electrons. The van der Waals surface area contributed by atoms with Crippen molar-refractivity contribution in [2.24, 2.45) is 17.6 Å². The molecule has 1 saturated heterocycles. The van der Waals surface area contributed by atoms with Crippen LogP contribution >= 0.6 is 0 Å². The van der Waals surface area contributed by atoms with Crippen molar-refractivity contribution in [3.8, 4) is 22.5 Å². The second-order valence-corrected chi connectivity index (χ2v) is 14.5. The Bertz CT molecular complexity index is 1850. The van der Waals surface area contributed by atoms with E-state index >= 15 is 4.39 Å². The van der Waals surface area contributed by atoms with Crippen molar-refractivity contribution in [2.75, 3.05) is 42.6 Å². The topological polar surface area (TPSA) is 182 Å². The number of hydrogen-bond acceptors (Lipinski definition) is 10. The van der Waals surface area contributed by atoms with Crippen LogP contribution in [-0.4, -0.2) is 88.0 Å². The summed E-state index contributed by atoms with van der Waals surface area (Å²) in [6.45, 7) is 8.03. The number of nitrogens with two attached hydrogens (primary N) is 1. The summed E-state index contributed by atoms with van der Waals surface area (Å²) in [7, 11) is 0. The van der Waals surface area contributed by atoms with Crippen LogP contribution in [0.5, 0.6) is 0 Å². The summed E-state index contributed by atoms with van der Waals surface area (Å²) >= 11 is 0. The highest BCUT2D eigenvalue weighted by atomic mass is 19.1. The van der Waals surface area contributed by atoms with Crippen LogP contribution < -0.4 is 20.9 Å². The number of hydrogen-bond donors (Lipinski definition) is 3. The van der Waals surface area contributed by atoms with Crippen molar-refractivity contribution in [2.45, 2.75) is 64.5 Å². The molecule has 2 aromatic carbocycles. The minimum Gasteiger partial charge on any atom is -0.444 e. The van der Waals surface area contributed by atoms with Gasteiger partial charge in [0.2, 0.25) is 17.6 Å². The number of alkyl carbamates (subject to hydrolysis) is 1. The van der Waals surface area contributed by atoms with E-state index in [1.807, 2.05) is 37.8 Å². The van der Waals surface area contributed by atoms with Crippen molar-refractivity contribution in [3.63, 3.8) is 0 Å². The van der Waals surface area contributed by atoms with Crippen LogP contribution in [0, 0.1) is 17.7 Å². The van der Waals surface area contributed by atoms with Gasteiger partial charge in [-0.05, 0) is 99.0 Å². The Balaban J connectivity index is 1.20. The van der Waals surface area contributed by atoms with E-state index in [9.17, 15) is 14.4 Å². The third kappa shape index (κ3) is 9.33. The van der Waals surface area contributed by atoms with Gasteiger partial charge >= 0.3 is 6.09 Å². The zero-order chi connectivity index (χ0) is 37.5. The van der Waals surface area contributed by atoms with Gasteiger partial charge in [-0.25, -0.2) is 14.2 Å². The number of aromatic nitrogens is 5. The molecule has 3 heterocycles. The molecule has 4 N–H and O–H groups in total. The lowest BCUT2D eigenvalue weighted by atomic mass is 9.81. The van der Waals surface area contributed by atoms with Crippen LogP contribution in [0.1, 0.15) is 52.0 Å². The third-order valence-corrected chi connectivity index (χ3v) is 9.63. The number of nitrogens with one attached hydrogen (secondary N) is 2. The van der Waals surface area contributed by atoms with E-state index in [1.54, 1.807) is 48.7 Å². The molecular formula is C38H46FN9O5. The van der Waals surface area contributed by atoms with Crippen LogP contribution in [-0.2, 0) is 25.5 Å². The summed E-state index contributed by atoms with van der Waals surface area (Å²) in [5.74, 6) is -0.757. The molecule has 1 aliphatic carbocycles. The molecule has 0 unspecified atom stereocenters. The van der Waals surface area contributed by atoms with Crippen molar-refractivity contribution in [3.05, 3.63) is 72.2 Å². The average molecular weight is 728 g/mol. The molecule has 53 heavy (non-hydrogen) atoms. The van der Waals surface area contributed by atoms with Gasteiger partial charge in [-0.2, -0.15) is 5.21 Å². The van der Waals surface area contributed by atoms with Gasteiger partial charge in [0.05, 0.1) is 13.2 Å². The molecule has 3 amide bonds. The molecule has 1 saturated carbocycles. The molecule has 0 spiro atoms. The molecule has 280 valence electrons. The van der Waals surface area contributed by atoms with E-state index in [0.29, 0.717) is 73.9 Å². The quantitative estimate of drug-likeness (QED) is 0.197. The molecule has 0 bridgehead atoms. The average Bonchev–Trinajstić information content (AvgIpc) is 3.70. The number of aromatic amines is 1. The number of carbonyl (C=O) groups is 3. The number of rotatable bonds is 11. The monoisotopic (exact) mass is 727 g/mol. The second-order valence-electron chi connectivity index (χ2n) is 14.5. The van der Waals surface area contributed by atoms with Gasteiger partial charge in [-0.3, -0.25) is 14.5 Å². The Kier molecular flexibility index (Phi) is 11.6. The standard InChI is InChI=1S/C38H46FN9O5/c1-38(2,3)53-37(51)42-23-25-6-10-28(11-7-25)36(50)48(29-14-12-27(13-15-29)34-43-45-46-44-34)31(33(40)49)22-24-4-8-26(9-5-24)30-16-17-41-35(32(30)39)47-18-20-52-21-19-47/h4-5,8-9,12-17,25,28,31H,6-7,10-11,18-23H2,1-3H3,(H2,40,49)(H,42,51)(H,43,44,45,46)/t25?,28?,31-/m0/s1. The van der Waals surface area contributed by atoms with Gasteiger partial charge in [0, 0.05) is 55.0 Å². The maximum Gasteiger partial charge on any atom is 0.407 e. The first kappa shape index (κ1) is 37.3. The number of pyridine rings is 1. The second kappa shape index (κ2) is 16.5. The fourth-order valence-corrected chi connectivity index (χ4v) is 6.88. The van der Waals surface area contributed by atoms with Crippen LogP contribution in [0.25, 0.3) is 22.5 Å². The van der Waals surface area contributed by atoms with Gasteiger partial charge in [-0.15, -0.1) is 10.2 Å². The van der Waals surface area contributed by atoms with Crippen molar-refractivity contribution in [1.29, 1.82) is 0 Å². The van der Waals surface area contributed by atoms with E-state index in [1.165, 1.54) is 4.90 Å². The van der Waals surface area contributed by atoms with Crippen LogP contribution in [0.4, 0.5) is 20.7 Å². The number of morpholine rings is 1. The van der Waals surface area contributed by atoms with Gasteiger partial charge < -0.3 is 25.4 Å². The Morgan fingerprint density at radius 1 is 1.02 bits per heavy atom. The first-order chi connectivity index (χ1) is 25.5. The molecule has 2 aromatic heterocycles. The number of tetrazole rings is 1. The van der Waals surface area contributed by atoms with E-state index < -0.39 is 29.5 Å². The van der Waals surface area contributed by atoms with E-state index in [0.717, 1.165) is 18.4 Å². The Hall–Kier alpha value is -5.44. The number of carbonyl (C=O) groups excluding carboxylic acids is 3. The minimum atomic E-state index is -1.01. The lowest BCUT2D eigenvalue weighted by molar-refractivity contribution is -0.127. The normalized spacial score (nSPS) is 18.2. The van der Waals surface area contributed by atoms with Crippen molar-refractivity contribution in [1.82, 2.24) is 30.9 Å². The summed E-state index contributed by atoms with van der Waals surface area (Å²) in [6.07, 6.45) is 3.88. The molecule has 2 fully saturated rings. The number of halogens is 1. The highest BCUT2D eigenvalue weighted by Crippen LogP contribution is 2.34. The fourth-order valence-electron chi connectivity index (χ4n) is 6.88. The molecular weight excluding hydrogens is 681 g/mol. The molecule has 15 heteroatoms. The maximum atomic E-state index is 15.7. The summed E-state index contributed by atoms with van der Waals surface area (Å²) in [5.41, 5.74) is 8.48. The highest BCUT2D eigenvalue weighted by Gasteiger charge is 2.36. The highest BCUT2D eigenvalue weighted by molar-refractivity contribution is 6.01. The molecule has 2 aliphatic rings. The number of nitrogens with zero attached hydrogens (tertiary/aromatic N) is 6. The summed E-state index contributed by atoms with van der Waals surface area (Å²) in [5, 5.41) is 17.0. The van der Waals surface area contributed by atoms with Crippen molar-refractivity contribution >= 4 is 29.4 Å². The van der Waals surface area contributed by atoms with Crippen molar-refractivity contribution < 1.29 is 28.2 Å². The zero-order valence-electron chi connectivity index (χ0n) is 30.3. The van der Waals surface area contributed by atoms with E-state index in [4.69, 9.17) is 15.2 Å². The Morgan fingerprint density at radius 3 is 2.32 bits per heavy atom. The summed E-state index contributed by atoms with van der Waals surface area (Å²) < 4.78 is 26.5. The number of amides is 3. The predicted molar refractivity (Wildman–Crippen MR) is 196 cm³/mol. The fraction of sp³-hybridized carbons (Fsp3) is 0.447. The number of primary amides is 1. The maximum absolute atomic E-state index is 15.7. The summed E-state index contributed by atoms with van der Waals surface area (Å²) in [6, 6.07) is 14.9. The van der Waals surface area contributed by atoms with Gasteiger partial charge in [0.25, 0.3) is 0 Å². The lowest BCUT2D eigenvalue weighted by Gasteiger charge is -2.36. The molecule has 6 rings (SSSR count). The molecule has 14 nitrogen and oxygen atoms in total. The minimum absolute atomic E-state index is 0.140. The number of ether oxygens (including phenoxy) is 2. The van der Waals surface area contributed by atoms with Gasteiger partial charge in [0.1, 0.15) is 11.6 Å². The van der Waals surface area contributed by atoms with E-state index in [2.05, 4.69) is 30.9 Å². The van der Waals surface area contributed by atoms with Crippen LogP contribution in [0.2, 0.25) is 0 Å². The van der Waals surface area contributed by atoms with Crippen LogP contribution in [0.15, 0.2) is 60.8 Å². The van der Waals surface area contributed by atoms with Crippen LogP contribution in [0.3, 0.4) is 0 Å². The van der Waals surface area contributed by atoms with E-state index in [-0.39, 0.29) is 30.0 Å². The number of benzene rings is 2. The number of anilines is 2. The van der Waals surface area contributed by atoms with Gasteiger partial charge in [0.15, 0.2) is 11.6 Å². The van der Waals surface area contributed by atoms with Gasteiger partial charge in [-0.1, -0.05) is 24.3 Å². The Morgan fingerprint density at radius 2 is 1.70 bits per heavy atom. The lowest BCUT2D eigenvalue weighted by Crippen LogP contribution is -2.52. The molecule has 1 atom stereocenters. The molecule has 4 aromatic rings. The Labute approximate surface area is 307 Å². The third-order valence-electron chi connectivity index (χ3n) is 9.63. The SMILES string of the molecule is CC(C)(C)OC(=O)NCC1CCC(C(=O)N(c2ccc(-c3nn[nH]n3)cc2)[C@@H](Cc2ccc(-c3ccnc(N4CCOCC4)c3F)cc2)C(N)=O)CC1. The smallest absolute Gasteiger partial charge is 0.407 e. The largest absolute Gasteiger partial charge is 0.444 e. The summed E-state index contributed by atoms with van der Waals surface area (Å²) in [4.78, 5) is 47.6. The first-order valence-corrected chi connectivity index (χ1v) is 18.0. The zero-order valence-corrected chi connectivity index (χ0v) is 30.3.